The highest BCUT2D eigenvalue weighted by molar-refractivity contribution is 5.94. The van der Waals surface area contributed by atoms with Gasteiger partial charge in [-0.25, -0.2) is 0 Å². The molecule has 29 heavy (non-hydrogen) atoms. The Kier molecular flexibility index (Phi) is 5.51. The van der Waals surface area contributed by atoms with E-state index < -0.39 is 0 Å². The Hall–Kier alpha value is -3.28. The number of hydrogen-bond acceptors (Lipinski definition) is 4. The molecule has 4 rings (SSSR count). The molecule has 2 amide bonds. The lowest BCUT2D eigenvalue weighted by molar-refractivity contribution is -0.130. The minimum atomic E-state index is -0.107. The van der Waals surface area contributed by atoms with Crippen molar-refractivity contribution in [2.24, 2.45) is 5.92 Å². The van der Waals surface area contributed by atoms with Gasteiger partial charge in [0.1, 0.15) is 0 Å². The van der Waals surface area contributed by atoms with Crippen molar-refractivity contribution in [2.45, 2.75) is 19.8 Å². The molecule has 0 spiro atoms. The van der Waals surface area contributed by atoms with E-state index in [9.17, 15) is 9.59 Å². The van der Waals surface area contributed by atoms with E-state index >= 15 is 0 Å². The summed E-state index contributed by atoms with van der Waals surface area (Å²) in [5.74, 6) is 1.19. The number of carbonyl (C=O) groups is 2. The maximum Gasteiger partial charge on any atom is 0.246 e. The number of benzene rings is 2. The average Bonchev–Trinajstić information content (AvgIpc) is 3.21. The quantitative estimate of drug-likeness (QED) is 0.807. The van der Waals surface area contributed by atoms with E-state index in [2.05, 4.69) is 5.32 Å². The number of aryl methyl sites for hydroxylation is 1. The average molecular weight is 392 g/mol. The van der Waals surface area contributed by atoms with Gasteiger partial charge in [0.15, 0.2) is 11.5 Å². The van der Waals surface area contributed by atoms with Crippen LogP contribution in [-0.4, -0.2) is 36.6 Å². The zero-order valence-corrected chi connectivity index (χ0v) is 16.4. The molecule has 1 fully saturated rings. The van der Waals surface area contributed by atoms with Gasteiger partial charge in [-0.2, -0.15) is 0 Å². The molecule has 0 unspecified atom stereocenters. The maximum absolute atomic E-state index is 12.6. The van der Waals surface area contributed by atoms with Gasteiger partial charge in [-0.05, 0) is 49.1 Å². The number of fused-ring (bicyclic) bond motifs is 1. The molecule has 2 aliphatic rings. The van der Waals surface area contributed by atoms with Gasteiger partial charge >= 0.3 is 0 Å². The fourth-order valence-corrected chi connectivity index (χ4v) is 3.62. The predicted octanol–water partition coefficient (Wildman–Crippen LogP) is 3.61. The smallest absolute Gasteiger partial charge is 0.246 e. The van der Waals surface area contributed by atoms with E-state index in [1.807, 2.05) is 37.3 Å². The van der Waals surface area contributed by atoms with E-state index in [0.29, 0.717) is 43.1 Å². The van der Waals surface area contributed by atoms with Gasteiger partial charge in [0.25, 0.3) is 0 Å². The first kappa shape index (κ1) is 19.1. The fraction of sp³-hybridized carbons (Fsp3) is 0.304. The van der Waals surface area contributed by atoms with Crippen LogP contribution in [0.5, 0.6) is 11.5 Å². The van der Waals surface area contributed by atoms with E-state index in [1.165, 1.54) is 0 Å². The van der Waals surface area contributed by atoms with Crippen molar-refractivity contribution in [2.75, 3.05) is 25.2 Å². The van der Waals surface area contributed by atoms with Gasteiger partial charge in [-0.3, -0.25) is 9.59 Å². The molecule has 0 bridgehead atoms. The SMILES string of the molecule is Cc1ccccc1/C=C/C(=O)N1CCC(C(=O)Nc2ccc3c(c2)OCO3)CC1. The predicted molar refractivity (Wildman–Crippen MR) is 111 cm³/mol. The van der Waals surface area contributed by atoms with Crippen LogP contribution in [0.2, 0.25) is 0 Å². The van der Waals surface area contributed by atoms with Gasteiger partial charge in [0, 0.05) is 36.8 Å². The lowest BCUT2D eigenvalue weighted by Gasteiger charge is -2.30. The monoisotopic (exact) mass is 392 g/mol. The maximum atomic E-state index is 12.6. The van der Waals surface area contributed by atoms with Crippen LogP contribution in [-0.2, 0) is 9.59 Å². The van der Waals surface area contributed by atoms with Crippen LogP contribution < -0.4 is 14.8 Å². The van der Waals surface area contributed by atoms with Crippen LogP contribution in [0.15, 0.2) is 48.5 Å². The first-order valence-corrected chi connectivity index (χ1v) is 9.83. The highest BCUT2D eigenvalue weighted by atomic mass is 16.7. The molecule has 0 atom stereocenters. The Bertz CT molecular complexity index is 946. The summed E-state index contributed by atoms with van der Waals surface area (Å²) >= 11 is 0. The van der Waals surface area contributed by atoms with E-state index in [-0.39, 0.29) is 24.5 Å². The highest BCUT2D eigenvalue weighted by Gasteiger charge is 2.27. The van der Waals surface area contributed by atoms with Gasteiger partial charge < -0.3 is 19.7 Å². The van der Waals surface area contributed by atoms with Crippen LogP contribution in [0.1, 0.15) is 24.0 Å². The molecular formula is C23H24N2O4. The lowest BCUT2D eigenvalue weighted by atomic mass is 9.95. The van der Waals surface area contributed by atoms with Crippen molar-refractivity contribution in [1.29, 1.82) is 0 Å². The third kappa shape index (κ3) is 4.42. The third-order valence-corrected chi connectivity index (χ3v) is 5.41. The zero-order chi connectivity index (χ0) is 20.2. The molecule has 2 aliphatic heterocycles. The molecular weight excluding hydrogens is 368 g/mol. The number of piperidine rings is 1. The second kappa shape index (κ2) is 8.39. The second-order valence-corrected chi connectivity index (χ2v) is 7.35. The normalized spacial score (nSPS) is 16.2. The molecule has 0 aromatic heterocycles. The summed E-state index contributed by atoms with van der Waals surface area (Å²) in [5, 5.41) is 2.95. The Morgan fingerprint density at radius 3 is 2.62 bits per heavy atom. The topological polar surface area (TPSA) is 67.9 Å². The third-order valence-electron chi connectivity index (χ3n) is 5.41. The van der Waals surface area contributed by atoms with Crippen molar-refractivity contribution in [3.05, 3.63) is 59.7 Å². The van der Waals surface area contributed by atoms with Gasteiger partial charge in [-0.15, -0.1) is 0 Å². The summed E-state index contributed by atoms with van der Waals surface area (Å²) in [6, 6.07) is 13.3. The van der Waals surface area contributed by atoms with Crippen molar-refractivity contribution in [1.82, 2.24) is 4.90 Å². The second-order valence-electron chi connectivity index (χ2n) is 7.35. The first-order chi connectivity index (χ1) is 14.1. The molecule has 2 aromatic carbocycles. The van der Waals surface area contributed by atoms with Crippen LogP contribution in [0.4, 0.5) is 5.69 Å². The Balaban J connectivity index is 1.29. The summed E-state index contributed by atoms with van der Waals surface area (Å²) in [7, 11) is 0. The van der Waals surface area contributed by atoms with Gasteiger partial charge in [-0.1, -0.05) is 24.3 Å². The molecule has 0 radical (unpaired) electrons. The Morgan fingerprint density at radius 2 is 1.83 bits per heavy atom. The number of carbonyl (C=O) groups excluding carboxylic acids is 2. The lowest BCUT2D eigenvalue weighted by Crippen LogP contribution is -2.40. The molecule has 0 aliphatic carbocycles. The van der Waals surface area contributed by atoms with Crippen molar-refractivity contribution >= 4 is 23.6 Å². The molecule has 1 saturated heterocycles. The van der Waals surface area contributed by atoms with Gasteiger partial charge in [0.05, 0.1) is 0 Å². The summed E-state index contributed by atoms with van der Waals surface area (Å²) in [6.07, 6.45) is 4.78. The summed E-state index contributed by atoms with van der Waals surface area (Å²) < 4.78 is 10.6. The Labute approximate surface area is 170 Å². The van der Waals surface area contributed by atoms with Crippen molar-refractivity contribution in [3.8, 4) is 11.5 Å². The van der Waals surface area contributed by atoms with Crippen molar-refractivity contribution in [3.63, 3.8) is 0 Å². The number of rotatable bonds is 4. The molecule has 6 heteroatoms. The summed E-state index contributed by atoms with van der Waals surface area (Å²) in [4.78, 5) is 26.9. The van der Waals surface area contributed by atoms with Crippen LogP contribution >= 0.6 is 0 Å². The van der Waals surface area contributed by atoms with Crippen LogP contribution in [0, 0.1) is 12.8 Å². The van der Waals surface area contributed by atoms with Crippen LogP contribution in [0.3, 0.4) is 0 Å². The molecule has 0 saturated carbocycles. The minimum Gasteiger partial charge on any atom is -0.454 e. The van der Waals surface area contributed by atoms with Crippen molar-refractivity contribution < 1.29 is 19.1 Å². The minimum absolute atomic E-state index is 0.0112. The summed E-state index contributed by atoms with van der Waals surface area (Å²) in [6.45, 7) is 3.39. The number of hydrogen-bond donors (Lipinski definition) is 1. The van der Waals surface area contributed by atoms with E-state index in [1.54, 1.807) is 29.2 Å². The number of nitrogens with zero attached hydrogens (tertiary/aromatic N) is 1. The highest BCUT2D eigenvalue weighted by Crippen LogP contribution is 2.34. The molecule has 2 aromatic rings. The molecule has 6 nitrogen and oxygen atoms in total. The number of nitrogens with one attached hydrogen (secondary N) is 1. The molecule has 150 valence electrons. The molecule has 1 N–H and O–H groups in total. The fourth-order valence-electron chi connectivity index (χ4n) is 3.62. The van der Waals surface area contributed by atoms with Gasteiger partial charge in [0.2, 0.25) is 18.6 Å². The Morgan fingerprint density at radius 1 is 1.07 bits per heavy atom. The number of ether oxygens (including phenoxy) is 2. The zero-order valence-electron chi connectivity index (χ0n) is 16.4. The number of likely N-dealkylation sites (tertiary alicyclic amines) is 1. The first-order valence-electron chi connectivity index (χ1n) is 9.83. The number of anilines is 1. The largest absolute Gasteiger partial charge is 0.454 e. The van der Waals surface area contributed by atoms with Crippen LogP contribution in [0.25, 0.3) is 6.08 Å². The number of amides is 2. The molecule has 2 heterocycles. The van der Waals surface area contributed by atoms with E-state index in [0.717, 1.165) is 11.1 Å². The standard InChI is InChI=1S/C23H24N2O4/c1-16-4-2-3-5-17(16)6-9-22(26)25-12-10-18(11-13-25)23(27)24-19-7-8-20-21(14-19)29-15-28-20/h2-9,14,18H,10-13,15H2,1H3,(H,24,27)/b9-6+. The summed E-state index contributed by atoms with van der Waals surface area (Å²) in [5.41, 5.74) is 2.87. The van der Waals surface area contributed by atoms with E-state index in [4.69, 9.17) is 9.47 Å².